The largest absolute Gasteiger partial charge is 0.434 e. The Balaban J connectivity index is 1.98. The zero-order valence-corrected chi connectivity index (χ0v) is 14.7. The van der Waals surface area contributed by atoms with Gasteiger partial charge >= 0.3 is 6.18 Å². The van der Waals surface area contributed by atoms with Crippen LogP contribution in [-0.4, -0.2) is 46.8 Å². The maximum Gasteiger partial charge on any atom is 0.434 e. The lowest BCUT2D eigenvalue weighted by molar-refractivity contribution is -0.143. The van der Waals surface area contributed by atoms with Crippen LogP contribution in [0.2, 0.25) is 0 Å². The van der Waals surface area contributed by atoms with Crippen LogP contribution in [0.1, 0.15) is 34.5 Å². The van der Waals surface area contributed by atoms with E-state index in [1.165, 1.54) is 4.90 Å². The van der Waals surface area contributed by atoms with Crippen LogP contribution in [0.3, 0.4) is 0 Å². The molecule has 1 aliphatic rings. The van der Waals surface area contributed by atoms with Crippen LogP contribution in [0.5, 0.6) is 0 Å². The number of piperidine rings is 1. The molecule has 0 aliphatic carbocycles. The van der Waals surface area contributed by atoms with Crippen molar-refractivity contribution in [3.63, 3.8) is 0 Å². The van der Waals surface area contributed by atoms with Gasteiger partial charge in [0.25, 0.3) is 5.91 Å². The topological polar surface area (TPSA) is 50.2 Å². The zero-order valence-electron chi connectivity index (χ0n) is 14.7. The number of carbonyl (C=O) groups is 1. The first-order valence-electron chi connectivity index (χ1n) is 8.50. The van der Waals surface area contributed by atoms with E-state index in [1.54, 1.807) is 31.2 Å². The Morgan fingerprint density at radius 1 is 1.23 bits per heavy atom. The van der Waals surface area contributed by atoms with E-state index >= 15 is 0 Å². The first-order chi connectivity index (χ1) is 12.3. The molecule has 26 heavy (non-hydrogen) atoms. The number of carbonyl (C=O) groups excluding carboxylic acids is 1. The van der Waals surface area contributed by atoms with Gasteiger partial charge in [0, 0.05) is 19.1 Å². The Labute approximate surface area is 149 Å². The highest BCUT2D eigenvalue weighted by molar-refractivity contribution is 5.95. The standard InChI is InChI=1S/C18H21F3N4O/c1-12-5-3-4-6-15(12)25-16(18(19,20)21)14(11-23-25)17(26)24-9-7-13(22-2)8-10-24/h3-6,11,13,22H,7-10H2,1-2H3. The molecule has 2 heterocycles. The molecule has 0 saturated carbocycles. The lowest BCUT2D eigenvalue weighted by atomic mass is 10.0. The molecule has 2 aromatic rings. The molecule has 0 radical (unpaired) electrons. The average Bonchev–Trinajstić information content (AvgIpc) is 3.07. The number of halogens is 3. The number of likely N-dealkylation sites (tertiary alicyclic amines) is 1. The normalized spacial score (nSPS) is 16.1. The third kappa shape index (κ3) is 3.46. The lowest BCUT2D eigenvalue weighted by Crippen LogP contribution is -2.44. The SMILES string of the molecule is CNC1CCN(C(=O)c2cnn(-c3ccccc3C)c2C(F)(F)F)CC1. The van der Waals surface area contributed by atoms with Gasteiger partial charge in [-0.3, -0.25) is 4.79 Å². The van der Waals surface area contributed by atoms with Crippen LogP contribution in [0.4, 0.5) is 13.2 Å². The molecule has 0 spiro atoms. The second-order valence-corrected chi connectivity index (χ2v) is 6.46. The summed E-state index contributed by atoms with van der Waals surface area (Å²) in [6, 6.07) is 6.95. The number of nitrogens with one attached hydrogen (secondary N) is 1. The van der Waals surface area contributed by atoms with E-state index in [4.69, 9.17) is 0 Å². The lowest BCUT2D eigenvalue weighted by Gasteiger charge is -2.31. The molecule has 1 amide bonds. The molecule has 5 nitrogen and oxygen atoms in total. The molecule has 1 saturated heterocycles. The van der Waals surface area contributed by atoms with Gasteiger partial charge in [-0.15, -0.1) is 0 Å². The Bertz CT molecular complexity index is 792. The van der Waals surface area contributed by atoms with E-state index in [1.807, 2.05) is 7.05 Å². The van der Waals surface area contributed by atoms with Gasteiger partial charge in [-0.2, -0.15) is 18.3 Å². The number of hydrogen-bond donors (Lipinski definition) is 1. The highest BCUT2D eigenvalue weighted by atomic mass is 19.4. The quantitative estimate of drug-likeness (QED) is 0.909. The van der Waals surface area contributed by atoms with Gasteiger partial charge in [-0.05, 0) is 38.4 Å². The molecular formula is C18H21F3N4O. The van der Waals surface area contributed by atoms with Gasteiger partial charge in [-0.25, -0.2) is 4.68 Å². The zero-order chi connectivity index (χ0) is 18.9. The Morgan fingerprint density at radius 2 is 1.88 bits per heavy atom. The monoisotopic (exact) mass is 366 g/mol. The fourth-order valence-electron chi connectivity index (χ4n) is 3.30. The number of aromatic nitrogens is 2. The average molecular weight is 366 g/mol. The highest BCUT2D eigenvalue weighted by Crippen LogP contribution is 2.35. The number of aryl methyl sites for hydroxylation is 1. The van der Waals surface area contributed by atoms with Crippen molar-refractivity contribution in [3.05, 3.63) is 47.3 Å². The summed E-state index contributed by atoms with van der Waals surface area (Å²) in [5.74, 6) is -0.619. The molecule has 0 unspecified atom stereocenters. The fourth-order valence-corrected chi connectivity index (χ4v) is 3.30. The van der Waals surface area contributed by atoms with Crippen molar-refractivity contribution in [2.45, 2.75) is 32.0 Å². The van der Waals surface area contributed by atoms with Crippen molar-refractivity contribution in [1.82, 2.24) is 20.0 Å². The number of rotatable bonds is 3. The number of para-hydroxylation sites is 1. The van der Waals surface area contributed by atoms with E-state index in [0.717, 1.165) is 23.7 Å². The molecule has 1 aromatic heterocycles. The van der Waals surface area contributed by atoms with Gasteiger partial charge in [-0.1, -0.05) is 18.2 Å². The summed E-state index contributed by atoms with van der Waals surface area (Å²) < 4.78 is 42.1. The molecule has 8 heteroatoms. The van der Waals surface area contributed by atoms with Crippen LogP contribution in [0, 0.1) is 6.92 Å². The Hall–Kier alpha value is -2.35. The molecule has 1 N–H and O–H groups in total. The molecule has 140 valence electrons. The number of alkyl halides is 3. The smallest absolute Gasteiger partial charge is 0.338 e. The molecular weight excluding hydrogens is 345 g/mol. The summed E-state index contributed by atoms with van der Waals surface area (Å²) in [5.41, 5.74) is -0.459. The van der Waals surface area contributed by atoms with Gasteiger partial charge in [0.1, 0.15) is 0 Å². The molecule has 0 bridgehead atoms. The second kappa shape index (κ2) is 7.11. The summed E-state index contributed by atoms with van der Waals surface area (Å²) in [5, 5.41) is 7.03. The molecule has 1 aliphatic heterocycles. The minimum atomic E-state index is -4.69. The summed E-state index contributed by atoms with van der Waals surface area (Å²) in [6.07, 6.45) is -2.22. The Kier molecular flexibility index (Phi) is 5.04. The van der Waals surface area contributed by atoms with Crippen molar-refractivity contribution in [2.75, 3.05) is 20.1 Å². The van der Waals surface area contributed by atoms with E-state index in [0.29, 0.717) is 24.3 Å². The molecule has 3 rings (SSSR count). The van der Waals surface area contributed by atoms with Crippen LogP contribution < -0.4 is 5.32 Å². The van der Waals surface area contributed by atoms with Crippen molar-refractivity contribution in [3.8, 4) is 5.69 Å². The number of hydrogen-bond acceptors (Lipinski definition) is 3. The maximum atomic E-state index is 13.8. The highest BCUT2D eigenvalue weighted by Gasteiger charge is 2.41. The van der Waals surface area contributed by atoms with E-state index < -0.39 is 23.3 Å². The maximum absolute atomic E-state index is 13.8. The minimum absolute atomic E-state index is 0.288. The summed E-state index contributed by atoms with van der Waals surface area (Å²) >= 11 is 0. The van der Waals surface area contributed by atoms with Crippen LogP contribution in [0.15, 0.2) is 30.5 Å². The molecule has 0 atom stereocenters. The van der Waals surface area contributed by atoms with Crippen molar-refractivity contribution < 1.29 is 18.0 Å². The second-order valence-electron chi connectivity index (χ2n) is 6.46. The fraction of sp³-hybridized carbons (Fsp3) is 0.444. The first kappa shape index (κ1) is 18.4. The third-order valence-corrected chi connectivity index (χ3v) is 4.80. The van der Waals surface area contributed by atoms with E-state index in [-0.39, 0.29) is 6.04 Å². The summed E-state index contributed by atoms with van der Waals surface area (Å²) in [4.78, 5) is 14.2. The van der Waals surface area contributed by atoms with E-state index in [9.17, 15) is 18.0 Å². The van der Waals surface area contributed by atoms with Crippen LogP contribution in [-0.2, 0) is 6.18 Å². The number of amides is 1. The summed E-state index contributed by atoms with van der Waals surface area (Å²) in [6.45, 7) is 2.57. The Morgan fingerprint density at radius 3 is 2.46 bits per heavy atom. The van der Waals surface area contributed by atoms with Crippen LogP contribution >= 0.6 is 0 Å². The van der Waals surface area contributed by atoms with Crippen molar-refractivity contribution in [2.24, 2.45) is 0 Å². The van der Waals surface area contributed by atoms with Crippen molar-refractivity contribution in [1.29, 1.82) is 0 Å². The van der Waals surface area contributed by atoms with Gasteiger partial charge in [0.15, 0.2) is 5.69 Å². The number of nitrogens with zero attached hydrogens (tertiary/aromatic N) is 3. The molecule has 1 aromatic carbocycles. The van der Waals surface area contributed by atoms with Gasteiger partial charge in [0.2, 0.25) is 0 Å². The minimum Gasteiger partial charge on any atom is -0.338 e. The third-order valence-electron chi connectivity index (χ3n) is 4.80. The number of benzene rings is 1. The predicted octanol–water partition coefficient (Wildman–Crippen LogP) is 3.02. The van der Waals surface area contributed by atoms with Crippen LogP contribution in [0.25, 0.3) is 5.69 Å². The van der Waals surface area contributed by atoms with E-state index in [2.05, 4.69) is 10.4 Å². The summed E-state index contributed by atoms with van der Waals surface area (Å²) in [7, 11) is 1.84. The van der Waals surface area contributed by atoms with Gasteiger partial charge < -0.3 is 10.2 Å². The molecule has 1 fully saturated rings. The predicted molar refractivity (Wildman–Crippen MR) is 91.3 cm³/mol. The van der Waals surface area contributed by atoms with Gasteiger partial charge in [0.05, 0.1) is 17.4 Å². The first-order valence-corrected chi connectivity index (χ1v) is 8.50. The van der Waals surface area contributed by atoms with Crippen molar-refractivity contribution >= 4 is 5.91 Å².